The molecule has 0 unspecified atom stereocenters. The van der Waals surface area contributed by atoms with Gasteiger partial charge in [0.15, 0.2) is 0 Å². The van der Waals surface area contributed by atoms with E-state index in [1.54, 1.807) is 0 Å². The molecule has 0 aromatic heterocycles. The van der Waals surface area contributed by atoms with E-state index in [9.17, 15) is 0 Å². The van der Waals surface area contributed by atoms with Crippen LogP contribution in [-0.4, -0.2) is 21.7 Å². The molecular formula is C7H7ClMg. The molecule has 0 bridgehead atoms. The quantitative estimate of drug-likeness (QED) is 0.369. The average molecular weight is 151 g/mol. The SMILES string of the molecule is Cc1cc[c]([Mg+])cc1.[Cl-]. The van der Waals surface area contributed by atoms with Crippen molar-refractivity contribution in [3.63, 3.8) is 0 Å². The van der Waals surface area contributed by atoms with Crippen molar-refractivity contribution >= 4 is 25.4 Å². The van der Waals surface area contributed by atoms with Crippen LogP contribution in [0.5, 0.6) is 0 Å². The van der Waals surface area contributed by atoms with Gasteiger partial charge < -0.3 is 12.4 Å². The predicted octanol–water partition coefficient (Wildman–Crippen LogP) is -2.21. The van der Waals surface area contributed by atoms with Gasteiger partial charge in [-0.15, -0.1) is 0 Å². The van der Waals surface area contributed by atoms with E-state index in [4.69, 9.17) is 0 Å². The van der Waals surface area contributed by atoms with E-state index in [0.29, 0.717) is 0 Å². The van der Waals surface area contributed by atoms with Crippen LogP contribution in [0.3, 0.4) is 0 Å². The second-order valence-electron chi connectivity index (χ2n) is 1.99. The van der Waals surface area contributed by atoms with Gasteiger partial charge in [0, 0.05) is 0 Å². The number of hydrogen-bond acceptors (Lipinski definition) is 0. The topological polar surface area (TPSA) is 0 Å². The van der Waals surface area contributed by atoms with E-state index < -0.39 is 0 Å². The number of hydrogen-bond donors (Lipinski definition) is 0. The largest absolute Gasteiger partial charge is 1.00 e. The summed E-state index contributed by atoms with van der Waals surface area (Å²) in [5, 5.41) is 0. The maximum absolute atomic E-state index is 2.13. The second-order valence-corrected chi connectivity index (χ2v) is 2.80. The molecule has 1 rings (SSSR count). The van der Waals surface area contributed by atoms with Gasteiger partial charge >= 0.3 is 62.2 Å². The van der Waals surface area contributed by atoms with Crippen molar-refractivity contribution in [1.82, 2.24) is 0 Å². The Balaban J connectivity index is 0.000000640. The number of rotatable bonds is 0. The van der Waals surface area contributed by atoms with Crippen LogP contribution in [-0.2, 0) is 0 Å². The van der Waals surface area contributed by atoms with Crippen molar-refractivity contribution in [2.75, 3.05) is 0 Å². The van der Waals surface area contributed by atoms with Crippen molar-refractivity contribution in [2.45, 2.75) is 6.92 Å². The van der Waals surface area contributed by atoms with E-state index in [-0.39, 0.29) is 12.4 Å². The molecule has 0 heterocycles. The molecule has 1 aromatic carbocycles. The molecule has 0 aliphatic carbocycles. The van der Waals surface area contributed by atoms with Crippen LogP contribution in [0.1, 0.15) is 5.56 Å². The Morgan fingerprint density at radius 1 is 1.11 bits per heavy atom. The molecule has 0 saturated heterocycles. The normalized spacial score (nSPS) is 8.33. The summed E-state index contributed by atoms with van der Waals surface area (Å²) < 4.78 is 1.36. The van der Waals surface area contributed by atoms with Crippen molar-refractivity contribution in [3.05, 3.63) is 29.8 Å². The van der Waals surface area contributed by atoms with Gasteiger partial charge in [0.2, 0.25) is 0 Å². The predicted molar refractivity (Wildman–Crippen MR) is 36.6 cm³/mol. The van der Waals surface area contributed by atoms with Crippen molar-refractivity contribution in [1.29, 1.82) is 0 Å². The van der Waals surface area contributed by atoms with E-state index in [0.717, 1.165) is 0 Å². The molecule has 1 aromatic rings. The fraction of sp³-hybridized carbons (Fsp3) is 0.143. The first-order valence-electron chi connectivity index (χ1n) is 2.67. The third-order valence-corrected chi connectivity index (χ3v) is 1.59. The summed E-state index contributed by atoms with van der Waals surface area (Å²) >= 11 is 1.91. The van der Waals surface area contributed by atoms with Gasteiger partial charge in [-0.1, -0.05) is 0 Å². The first kappa shape index (κ1) is 9.28. The van der Waals surface area contributed by atoms with Crippen LogP contribution in [0.25, 0.3) is 0 Å². The van der Waals surface area contributed by atoms with Crippen molar-refractivity contribution in [3.8, 4) is 0 Å². The standard InChI is InChI=1S/C7H7.ClH.Mg/c1-7-5-3-2-4-6-7;;/h3-6H,1H3;1H;/q;;+1/p-1. The number of halogens is 1. The third-order valence-electron chi connectivity index (χ3n) is 1.12. The molecule has 0 N–H and O–H groups in total. The second kappa shape index (κ2) is 4.15. The molecular weight excluding hydrogens is 144 g/mol. The molecule has 0 aliphatic rings. The average Bonchev–Trinajstić information content (AvgIpc) is 1.77. The molecule has 0 radical (unpaired) electrons. The Labute approximate surface area is 74.5 Å². The van der Waals surface area contributed by atoms with Crippen molar-refractivity contribution < 1.29 is 12.4 Å². The van der Waals surface area contributed by atoms with Crippen molar-refractivity contribution in [2.24, 2.45) is 0 Å². The Morgan fingerprint density at radius 3 is 1.89 bits per heavy atom. The fourth-order valence-corrected chi connectivity index (χ4v) is 0.824. The number of aryl methyl sites for hydroxylation is 1. The van der Waals surface area contributed by atoms with E-state index in [1.807, 2.05) is 21.7 Å². The van der Waals surface area contributed by atoms with Crippen LogP contribution < -0.4 is 16.1 Å². The molecule has 0 aliphatic heterocycles. The summed E-state index contributed by atoms with van der Waals surface area (Å²) in [7, 11) is 0. The molecule has 0 atom stereocenters. The van der Waals surface area contributed by atoms with Gasteiger partial charge in [-0.25, -0.2) is 0 Å². The summed E-state index contributed by atoms with van der Waals surface area (Å²) in [5.41, 5.74) is 1.33. The zero-order valence-corrected chi connectivity index (χ0v) is 7.56. The Bertz CT molecular complexity index is 148. The zero-order chi connectivity index (χ0) is 5.98. The summed E-state index contributed by atoms with van der Waals surface area (Å²) in [6, 6.07) is 8.52. The molecule has 2 heteroatoms. The molecule has 0 spiro atoms. The maximum Gasteiger partial charge on any atom is -1.00 e. The van der Waals surface area contributed by atoms with E-state index >= 15 is 0 Å². The molecule has 44 valence electrons. The van der Waals surface area contributed by atoms with Crippen LogP contribution >= 0.6 is 0 Å². The Kier molecular flexibility index (Phi) is 4.28. The third kappa shape index (κ3) is 3.09. The van der Waals surface area contributed by atoms with Gasteiger partial charge in [0.1, 0.15) is 0 Å². The molecule has 9 heavy (non-hydrogen) atoms. The minimum absolute atomic E-state index is 0. The molecule has 0 fully saturated rings. The minimum Gasteiger partial charge on any atom is -1.00 e. The summed E-state index contributed by atoms with van der Waals surface area (Å²) in [6.45, 7) is 2.10. The van der Waals surface area contributed by atoms with E-state index in [2.05, 4.69) is 31.2 Å². The Morgan fingerprint density at radius 2 is 1.56 bits per heavy atom. The fourth-order valence-electron chi connectivity index (χ4n) is 0.588. The van der Waals surface area contributed by atoms with Crippen LogP contribution in [0.15, 0.2) is 24.3 Å². The zero-order valence-electron chi connectivity index (χ0n) is 5.39. The maximum atomic E-state index is 2.13. The first-order chi connectivity index (χ1) is 3.79. The van der Waals surface area contributed by atoms with Gasteiger partial charge in [0.05, 0.1) is 0 Å². The number of benzene rings is 1. The van der Waals surface area contributed by atoms with Gasteiger partial charge in [-0.3, -0.25) is 0 Å². The minimum atomic E-state index is 0. The first-order valence-corrected chi connectivity index (χ1v) is 3.38. The molecule has 0 amide bonds. The van der Waals surface area contributed by atoms with Crippen LogP contribution in [0.2, 0.25) is 0 Å². The van der Waals surface area contributed by atoms with E-state index in [1.165, 1.54) is 9.26 Å². The van der Waals surface area contributed by atoms with Crippen LogP contribution in [0, 0.1) is 6.92 Å². The van der Waals surface area contributed by atoms with Crippen LogP contribution in [0.4, 0.5) is 0 Å². The monoisotopic (exact) mass is 150 g/mol. The summed E-state index contributed by atoms with van der Waals surface area (Å²) in [5.74, 6) is 0. The smallest absolute Gasteiger partial charge is 1.00 e. The van der Waals surface area contributed by atoms with Gasteiger partial charge in [-0.05, 0) is 0 Å². The molecule has 0 saturated carbocycles. The molecule has 0 nitrogen and oxygen atoms in total. The van der Waals surface area contributed by atoms with Gasteiger partial charge in [-0.2, -0.15) is 0 Å². The summed E-state index contributed by atoms with van der Waals surface area (Å²) in [6.07, 6.45) is 0. The van der Waals surface area contributed by atoms with Gasteiger partial charge in [0.25, 0.3) is 0 Å². The Hall–Kier alpha value is 0.276. The summed E-state index contributed by atoms with van der Waals surface area (Å²) in [4.78, 5) is 0.